The van der Waals surface area contributed by atoms with Crippen molar-refractivity contribution in [3.8, 4) is 17.4 Å². The third-order valence-electron chi connectivity index (χ3n) is 5.56. The van der Waals surface area contributed by atoms with E-state index in [0.717, 1.165) is 36.1 Å². The standard InChI is InChI=1S/C22H27N3O3/c1-14-8-9-15(2)25(14)21(24-26)17-10-11-19(23-13-17)27-18-7-5-6-16-12-22(3,4)28-20(16)18/h5-7,10-11,13-15,26H,8-9,12H2,1-4H3/b24-21-. The number of fused-ring (bicyclic) bond motifs is 1. The van der Waals surface area contributed by atoms with Gasteiger partial charge >= 0.3 is 0 Å². The van der Waals surface area contributed by atoms with Crippen molar-refractivity contribution < 1.29 is 14.7 Å². The van der Waals surface area contributed by atoms with E-state index in [2.05, 4.69) is 48.8 Å². The highest BCUT2D eigenvalue weighted by atomic mass is 16.5. The van der Waals surface area contributed by atoms with E-state index >= 15 is 0 Å². The van der Waals surface area contributed by atoms with Crippen molar-refractivity contribution in [1.82, 2.24) is 9.88 Å². The van der Waals surface area contributed by atoms with Crippen LogP contribution >= 0.6 is 0 Å². The highest BCUT2D eigenvalue weighted by Crippen LogP contribution is 2.43. The van der Waals surface area contributed by atoms with Crippen LogP contribution in [0.4, 0.5) is 0 Å². The maximum atomic E-state index is 9.61. The van der Waals surface area contributed by atoms with Gasteiger partial charge in [0, 0.05) is 41.9 Å². The molecule has 1 fully saturated rings. The van der Waals surface area contributed by atoms with Crippen LogP contribution in [0.1, 0.15) is 51.7 Å². The van der Waals surface area contributed by atoms with Crippen molar-refractivity contribution in [2.75, 3.05) is 0 Å². The summed E-state index contributed by atoms with van der Waals surface area (Å²) in [6, 6.07) is 10.3. The summed E-state index contributed by atoms with van der Waals surface area (Å²) in [5.74, 6) is 2.49. The van der Waals surface area contributed by atoms with Gasteiger partial charge < -0.3 is 19.6 Å². The zero-order valence-electron chi connectivity index (χ0n) is 16.8. The van der Waals surface area contributed by atoms with Crippen LogP contribution in [-0.4, -0.2) is 38.6 Å². The maximum Gasteiger partial charge on any atom is 0.219 e. The number of hydrogen-bond donors (Lipinski definition) is 1. The van der Waals surface area contributed by atoms with Gasteiger partial charge in [-0.15, -0.1) is 0 Å². The first-order chi connectivity index (χ1) is 13.4. The molecule has 0 bridgehead atoms. The number of amidine groups is 1. The minimum absolute atomic E-state index is 0.227. The lowest BCUT2D eigenvalue weighted by Crippen LogP contribution is -2.39. The molecule has 6 heteroatoms. The normalized spacial score (nSPS) is 23.4. The molecule has 1 aromatic carbocycles. The van der Waals surface area contributed by atoms with Crippen LogP contribution in [0.2, 0.25) is 0 Å². The van der Waals surface area contributed by atoms with Crippen LogP contribution < -0.4 is 9.47 Å². The lowest BCUT2D eigenvalue weighted by molar-refractivity contribution is 0.135. The molecule has 0 amide bonds. The van der Waals surface area contributed by atoms with Crippen molar-refractivity contribution in [2.24, 2.45) is 5.16 Å². The third kappa shape index (κ3) is 3.39. The summed E-state index contributed by atoms with van der Waals surface area (Å²) in [5.41, 5.74) is 1.69. The number of ether oxygens (including phenoxy) is 2. The second kappa shape index (κ2) is 7.00. The van der Waals surface area contributed by atoms with Crippen LogP contribution in [0.15, 0.2) is 41.7 Å². The summed E-state index contributed by atoms with van der Waals surface area (Å²) in [6.45, 7) is 8.44. The van der Waals surface area contributed by atoms with E-state index in [1.807, 2.05) is 18.2 Å². The van der Waals surface area contributed by atoms with Crippen molar-refractivity contribution in [1.29, 1.82) is 0 Å². The third-order valence-corrected chi connectivity index (χ3v) is 5.56. The lowest BCUT2D eigenvalue weighted by atomic mass is 10.0. The number of rotatable bonds is 3. The molecule has 2 aromatic rings. The minimum Gasteiger partial charge on any atom is -0.483 e. The smallest absolute Gasteiger partial charge is 0.219 e. The first-order valence-electron chi connectivity index (χ1n) is 9.83. The largest absolute Gasteiger partial charge is 0.483 e. The second-order valence-corrected chi connectivity index (χ2v) is 8.38. The molecule has 0 saturated carbocycles. The average Bonchev–Trinajstić information content (AvgIpc) is 3.16. The maximum absolute atomic E-state index is 9.61. The fourth-order valence-electron chi connectivity index (χ4n) is 4.22. The van der Waals surface area contributed by atoms with Crippen LogP contribution in [0.5, 0.6) is 17.4 Å². The number of oxime groups is 1. The van der Waals surface area contributed by atoms with Crippen molar-refractivity contribution in [3.63, 3.8) is 0 Å². The molecular weight excluding hydrogens is 354 g/mol. The van der Waals surface area contributed by atoms with E-state index in [-0.39, 0.29) is 5.60 Å². The Balaban J connectivity index is 1.55. The molecule has 0 aliphatic carbocycles. The van der Waals surface area contributed by atoms with Crippen LogP contribution in [0, 0.1) is 0 Å². The molecule has 0 radical (unpaired) electrons. The van der Waals surface area contributed by atoms with Gasteiger partial charge in [-0.05, 0) is 52.7 Å². The Kier molecular flexibility index (Phi) is 4.65. The highest BCUT2D eigenvalue weighted by Gasteiger charge is 2.33. The van der Waals surface area contributed by atoms with Crippen LogP contribution in [0.25, 0.3) is 0 Å². The van der Waals surface area contributed by atoms with Crippen molar-refractivity contribution >= 4 is 5.84 Å². The van der Waals surface area contributed by atoms with Gasteiger partial charge in [0.2, 0.25) is 5.88 Å². The van der Waals surface area contributed by atoms with Crippen LogP contribution in [0.3, 0.4) is 0 Å². The number of aromatic nitrogens is 1. The van der Waals surface area contributed by atoms with Gasteiger partial charge in [0.25, 0.3) is 0 Å². The first kappa shape index (κ1) is 18.6. The number of likely N-dealkylation sites (tertiary alicyclic amines) is 1. The average molecular weight is 381 g/mol. The molecule has 1 saturated heterocycles. The van der Waals surface area contributed by atoms with E-state index in [1.54, 1.807) is 12.3 Å². The van der Waals surface area contributed by atoms with Crippen molar-refractivity contribution in [3.05, 3.63) is 47.7 Å². The van der Waals surface area contributed by atoms with Gasteiger partial charge in [0.15, 0.2) is 17.3 Å². The zero-order valence-corrected chi connectivity index (χ0v) is 16.8. The topological polar surface area (TPSA) is 67.2 Å². The summed E-state index contributed by atoms with van der Waals surface area (Å²) in [6.07, 6.45) is 4.72. The molecule has 2 atom stereocenters. The summed E-state index contributed by atoms with van der Waals surface area (Å²) >= 11 is 0. The summed E-state index contributed by atoms with van der Waals surface area (Å²) in [4.78, 5) is 6.58. The highest BCUT2D eigenvalue weighted by molar-refractivity contribution is 5.98. The molecule has 148 valence electrons. The predicted octanol–water partition coefficient (Wildman–Crippen LogP) is 4.60. The molecule has 0 spiro atoms. The zero-order chi connectivity index (χ0) is 19.9. The summed E-state index contributed by atoms with van der Waals surface area (Å²) < 4.78 is 12.1. The predicted molar refractivity (Wildman–Crippen MR) is 107 cm³/mol. The Bertz CT molecular complexity index is 882. The summed E-state index contributed by atoms with van der Waals surface area (Å²) in [7, 11) is 0. The fraction of sp³-hybridized carbons (Fsp3) is 0.455. The van der Waals surface area contributed by atoms with E-state index in [1.165, 1.54) is 0 Å². The fourth-order valence-corrected chi connectivity index (χ4v) is 4.22. The molecular formula is C22H27N3O3. The number of benzene rings is 1. The van der Waals surface area contributed by atoms with Gasteiger partial charge in [-0.1, -0.05) is 17.3 Å². The van der Waals surface area contributed by atoms with Crippen LogP contribution in [-0.2, 0) is 6.42 Å². The summed E-state index contributed by atoms with van der Waals surface area (Å²) in [5, 5.41) is 13.2. The molecule has 2 unspecified atom stereocenters. The van der Waals surface area contributed by atoms with E-state index < -0.39 is 0 Å². The number of pyridine rings is 1. The monoisotopic (exact) mass is 381 g/mol. The minimum atomic E-state index is -0.227. The Morgan fingerprint density at radius 2 is 1.96 bits per heavy atom. The first-order valence-corrected chi connectivity index (χ1v) is 9.83. The van der Waals surface area contributed by atoms with Gasteiger partial charge in [0.05, 0.1) is 0 Å². The number of hydrogen-bond acceptors (Lipinski definition) is 5. The Morgan fingerprint density at radius 3 is 2.61 bits per heavy atom. The van der Waals surface area contributed by atoms with E-state index in [0.29, 0.717) is 29.5 Å². The molecule has 3 heterocycles. The Morgan fingerprint density at radius 1 is 1.21 bits per heavy atom. The van der Waals surface area contributed by atoms with Gasteiger partial charge in [0.1, 0.15) is 5.60 Å². The van der Waals surface area contributed by atoms with Gasteiger partial charge in [-0.25, -0.2) is 4.98 Å². The number of para-hydroxylation sites is 1. The second-order valence-electron chi connectivity index (χ2n) is 8.38. The van der Waals surface area contributed by atoms with E-state index in [4.69, 9.17) is 9.47 Å². The quantitative estimate of drug-likeness (QED) is 0.364. The molecule has 28 heavy (non-hydrogen) atoms. The molecule has 6 nitrogen and oxygen atoms in total. The Hall–Kier alpha value is -2.76. The van der Waals surface area contributed by atoms with Crippen molar-refractivity contribution in [2.45, 2.75) is 64.6 Å². The van der Waals surface area contributed by atoms with Gasteiger partial charge in [-0.2, -0.15) is 0 Å². The van der Waals surface area contributed by atoms with Gasteiger partial charge in [-0.3, -0.25) is 0 Å². The SMILES string of the molecule is CC1CCC(C)N1/C(=N\O)c1ccc(Oc2cccc3c2OC(C)(C)C3)nc1. The lowest BCUT2D eigenvalue weighted by Gasteiger charge is -2.28. The molecule has 4 rings (SSSR count). The Labute approximate surface area is 165 Å². The van der Waals surface area contributed by atoms with E-state index in [9.17, 15) is 5.21 Å². The number of nitrogens with zero attached hydrogens (tertiary/aromatic N) is 3. The molecule has 2 aliphatic rings. The molecule has 1 aromatic heterocycles. The molecule has 2 aliphatic heterocycles. The molecule has 1 N–H and O–H groups in total.